The first-order valence-corrected chi connectivity index (χ1v) is 6.97. The summed E-state index contributed by atoms with van der Waals surface area (Å²) in [4.78, 5) is 23.5. The lowest BCUT2D eigenvalue weighted by Gasteiger charge is -2.11. The Morgan fingerprint density at radius 2 is 1.88 bits per heavy atom. The van der Waals surface area contributed by atoms with E-state index in [1.807, 2.05) is 0 Å². The lowest BCUT2D eigenvalue weighted by atomic mass is 10.2. The number of nitrogens with one attached hydrogen (secondary N) is 1. The van der Waals surface area contributed by atoms with Gasteiger partial charge in [0.2, 0.25) is 5.91 Å². The third kappa shape index (κ3) is 5.10. The van der Waals surface area contributed by atoms with Gasteiger partial charge in [-0.3, -0.25) is 9.59 Å². The first-order chi connectivity index (χ1) is 11.8. The summed E-state index contributed by atoms with van der Waals surface area (Å²) in [5, 5.41) is 10.9. The summed E-state index contributed by atoms with van der Waals surface area (Å²) < 4.78 is 43.7. The molecule has 1 aromatic heterocycles. The van der Waals surface area contributed by atoms with E-state index in [0.29, 0.717) is 28.3 Å². The van der Waals surface area contributed by atoms with Gasteiger partial charge in [-0.25, -0.2) is 0 Å². The van der Waals surface area contributed by atoms with Crippen molar-refractivity contribution in [3.05, 3.63) is 58.5 Å². The third-order valence-electron chi connectivity index (χ3n) is 3.07. The number of aromatic nitrogens is 1. The van der Waals surface area contributed by atoms with E-state index >= 15 is 0 Å². The second kappa shape index (κ2) is 7.53. The van der Waals surface area contributed by atoms with Crippen LogP contribution in [-0.2, 0) is 17.5 Å². The molecule has 2 rings (SSSR count). The largest absolute Gasteiger partial charge is 0.479 e. The van der Waals surface area contributed by atoms with Crippen LogP contribution in [0.15, 0.2) is 47.4 Å². The molecule has 0 atom stereocenters. The minimum Gasteiger partial charge on any atom is -0.479 e. The molecule has 6 nitrogen and oxygen atoms in total. The Kier molecular flexibility index (Phi) is 5.44. The van der Waals surface area contributed by atoms with Gasteiger partial charge in [-0.15, -0.1) is 0 Å². The molecule has 0 saturated heterocycles. The molecule has 1 amide bonds. The van der Waals surface area contributed by atoms with Crippen LogP contribution in [-0.4, -0.2) is 17.1 Å². The Morgan fingerprint density at radius 1 is 1.20 bits per heavy atom. The molecule has 1 aromatic carbocycles. The van der Waals surface area contributed by atoms with E-state index in [1.54, 1.807) is 6.07 Å². The Bertz CT molecular complexity index is 852. The van der Waals surface area contributed by atoms with E-state index in [0.717, 1.165) is 6.07 Å². The van der Waals surface area contributed by atoms with E-state index in [1.165, 1.54) is 24.3 Å². The highest BCUT2D eigenvalue weighted by Gasteiger charge is 2.31. The zero-order chi connectivity index (χ0) is 18.4. The standard InChI is InChI=1S/C16H12F3N3O3/c17-16(18,19)11-1-6-15(24)22(9-11)10-14(23)21-12-2-4-13(5-3-12)25-8-7-20/h1-6,9H,8,10H2,(H,21,23). The summed E-state index contributed by atoms with van der Waals surface area (Å²) in [6.45, 7) is -0.681. The zero-order valence-corrected chi connectivity index (χ0v) is 12.7. The molecule has 0 aliphatic heterocycles. The topological polar surface area (TPSA) is 84.1 Å². The first-order valence-electron chi connectivity index (χ1n) is 6.97. The van der Waals surface area contributed by atoms with Crippen LogP contribution in [0.25, 0.3) is 0 Å². The highest BCUT2D eigenvalue weighted by molar-refractivity contribution is 5.90. The van der Waals surface area contributed by atoms with Crippen molar-refractivity contribution in [3.8, 4) is 11.8 Å². The smallest absolute Gasteiger partial charge is 0.417 e. The molecule has 0 aliphatic rings. The summed E-state index contributed by atoms with van der Waals surface area (Å²) in [6, 6.07) is 9.26. The molecule has 0 aliphatic carbocycles. The lowest BCUT2D eigenvalue weighted by molar-refractivity contribution is -0.138. The molecule has 25 heavy (non-hydrogen) atoms. The average molecular weight is 351 g/mol. The van der Waals surface area contributed by atoms with Crippen molar-refractivity contribution >= 4 is 11.6 Å². The van der Waals surface area contributed by atoms with Gasteiger partial charge in [-0.2, -0.15) is 18.4 Å². The molecule has 0 radical (unpaired) electrons. The maximum absolute atomic E-state index is 12.7. The Balaban J connectivity index is 2.05. The SMILES string of the molecule is N#CCOc1ccc(NC(=O)Cn2cc(C(F)(F)F)ccc2=O)cc1. The molecular weight excluding hydrogens is 339 g/mol. The van der Waals surface area contributed by atoms with E-state index in [9.17, 15) is 22.8 Å². The van der Waals surface area contributed by atoms with Crippen LogP contribution >= 0.6 is 0 Å². The van der Waals surface area contributed by atoms with Crippen LogP contribution in [0.2, 0.25) is 0 Å². The van der Waals surface area contributed by atoms with Crippen LogP contribution in [0.3, 0.4) is 0 Å². The number of ether oxygens (including phenoxy) is 1. The second-order valence-electron chi connectivity index (χ2n) is 4.90. The van der Waals surface area contributed by atoms with Crippen molar-refractivity contribution in [1.29, 1.82) is 5.26 Å². The average Bonchev–Trinajstić information content (AvgIpc) is 2.55. The predicted octanol–water partition coefficient (Wildman–Crippen LogP) is 2.41. The monoisotopic (exact) mass is 351 g/mol. The summed E-state index contributed by atoms with van der Waals surface area (Å²) in [6.07, 6.45) is -4.01. The predicted molar refractivity (Wildman–Crippen MR) is 81.9 cm³/mol. The summed E-state index contributed by atoms with van der Waals surface area (Å²) in [5.41, 5.74) is -1.36. The number of rotatable bonds is 5. The summed E-state index contributed by atoms with van der Waals surface area (Å²) >= 11 is 0. The number of hydrogen-bond acceptors (Lipinski definition) is 4. The minimum atomic E-state index is -4.61. The number of amides is 1. The van der Waals surface area contributed by atoms with Gasteiger partial charge < -0.3 is 14.6 Å². The van der Waals surface area contributed by atoms with Gasteiger partial charge in [-0.05, 0) is 30.3 Å². The minimum absolute atomic E-state index is 0.121. The molecule has 0 bridgehead atoms. The van der Waals surface area contributed by atoms with E-state index in [-0.39, 0.29) is 6.61 Å². The summed E-state index contributed by atoms with van der Waals surface area (Å²) in [5.74, 6) is -0.235. The van der Waals surface area contributed by atoms with Crippen LogP contribution in [0.1, 0.15) is 5.56 Å². The number of carbonyl (C=O) groups is 1. The Hall–Kier alpha value is -3.28. The van der Waals surface area contributed by atoms with Gasteiger partial charge in [0.05, 0.1) is 5.56 Å². The van der Waals surface area contributed by atoms with Crippen molar-refractivity contribution in [3.63, 3.8) is 0 Å². The number of nitriles is 1. The number of hydrogen-bond donors (Lipinski definition) is 1. The van der Waals surface area contributed by atoms with E-state index in [2.05, 4.69) is 5.32 Å². The number of pyridine rings is 1. The number of alkyl halides is 3. The van der Waals surface area contributed by atoms with E-state index < -0.39 is 29.8 Å². The molecule has 1 heterocycles. The van der Waals surface area contributed by atoms with Gasteiger partial charge in [0.15, 0.2) is 6.61 Å². The Morgan fingerprint density at radius 3 is 2.48 bits per heavy atom. The fraction of sp³-hybridized carbons (Fsp3) is 0.188. The number of halogens is 3. The Labute approximate surface area is 140 Å². The lowest BCUT2D eigenvalue weighted by Crippen LogP contribution is -2.28. The molecule has 130 valence electrons. The molecule has 0 fully saturated rings. The molecule has 0 saturated carbocycles. The highest BCUT2D eigenvalue weighted by atomic mass is 19.4. The van der Waals surface area contributed by atoms with E-state index in [4.69, 9.17) is 10.00 Å². The van der Waals surface area contributed by atoms with Crippen molar-refractivity contribution in [2.75, 3.05) is 11.9 Å². The molecule has 1 N–H and O–H groups in total. The normalized spacial score (nSPS) is 10.8. The first kappa shape index (κ1) is 18.1. The van der Waals surface area contributed by atoms with Crippen LogP contribution < -0.4 is 15.6 Å². The quantitative estimate of drug-likeness (QED) is 0.897. The van der Waals surface area contributed by atoms with Crippen LogP contribution in [0.4, 0.5) is 18.9 Å². The fourth-order valence-electron chi connectivity index (χ4n) is 1.93. The fourth-order valence-corrected chi connectivity index (χ4v) is 1.93. The third-order valence-corrected chi connectivity index (χ3v) is 3.07. The van der Waals surface area contributed by atoms with Crippen molar-refractivity contribution in [2.45, 2.75) is 12.7 Å². The summed E-state index contributed by atoms with van der Waals surface area (Å²) in [7, 11) is 0. The van der Waals surface area contributed by atoms with Crippen LogP contribution in [0, 0.1) is 11.3 Å². The number of carbonyl (C=O) groups excluding carboxylic acids is 1. The van der Waals surface area contributed by atoms with Crippen LogP contribution in [0.5, 0.6) is 5.75 Å². The molecule has 2 aromatic rings. The molecule has 0 spiro atoms. The van der Waals surface area contributed by atoms with Gasteiger partial charge in [0.1, 0.15) is 18.4 Å². The van der Waals surface area contributed by atoms with Gasteiger partial charge in [0.25, 0.3) is 5.56 Å². The molecule has 9 heteroatoms. The molecule has 0 unspecified atom stereocenters. The van der Waals surface area contributed by atoms with Crippen molar-refractivity contribution in [1.82, 2.24) is 4.57 Å². The maximum atomic E-state index is 12.7. The van der Waals surface area contributed by atoms with Crippen molar-refractivity contribution in [2.24, 2.45) is 0 Å². The zero-order valence-electron chi connectivity index (χ0n) is 12.7. The second-order valence-corrected chi connectivity index (χ2v) is 4.90. The van der Waals surface area contributed by atoms with Gasteiger partial charge >= 0.3 is 6.18 Å². The maximum Gasteiger partial charge on any atom is 0.417 e. The number of benzene rings is 1. The highest BCUT2D eigenvalue weighted by Crippen LogP contribution is 2.28. The van der Waals surface area contributed by atoms with Crippen molar-refractivity contribution < 1.29 is 22.7 Å². The number of anilines is 1. The number of nitrogens with zero attached hydrogens (tertiary/aromatic N) is 2. The van der Waals surface area contributed by atoms with Gasteiger partial charge in [0, 0.05) is 18.0 Å². The molecular formula is C16H12F3N3O3. The van der Waals surface area contributed by atoms with Gasteiger partial charge in [-0.1, -0.05) is 0 Å².